The number of hydrogen-bond donors (Lipinski definition) is 0. The van der Waals surface area contributed by atoms with Crippen LogP contribution in [0.25, 0.3) is 0 Å². The SMILES string of the molecule is Cc1ccc(C)c(C(=O)COCCOCC(C)C)c1. The Hall–Kier alpha value is -1.19. The standard InChI is InChI=1S/C16H24O3/c1-12(2)10-18-7-8-19-11-16(17)15-9-13(3)5-6-14(15)4/h5-6,9,12H,7-8,10-11H2,1-4H3. The lowest BCUT2D eigenvalue weighted by atomic mass is 10.0. The molecule has 0 aliphatic rings. The number of carbonyl (C=O) groups excluding carboxylic acids is 1. The van der Waals surface area contributed by atoms with Gasteiger partial charge in [0.15, 0.2) is 5.78 Å². The largest absolute Gasteiger partial charge is 0.379 e. The van der Waals surface area contributed by atoms with Crippen molar-refractivity contribution in [3.8, 4) is 0 Å². The molecule has 0 N–H and O–H groups in total. The molecule has 1 rings (SSSR count). The van der Waals surface area contributed by atoms with E-state index in [1.807, 2.05) is 32.0 Å². The van der Waals surface area contributed by atoms with Crippen LogP contribution in [0.1, 0.15) is 35.3 Å². The summed E-state index contributed by atoms with van der Waals surface area (Å²) < 4.78 is 10.7. The molecule has 1 aromatic carbocycles. The van der Waals surface area contributed by atoms with Crippen LogP contribution in [0.2, 0.25) is 0 Å². The molecule has 0 bridgehead atoms. The van der Waals surface area contributed by atoms with Crippen LogP contribution >= 0.6 is 0 Å². The maximum absolute atomic E-state index is 12.0. The fourth-order valence-corrected chi connectivity index (χ4v) is 1.72. The van der Waals surface area contributed by atoms with E-state index in [1.54, 1.807) is 0 Å². The van der Waals surface area contributed by atoms with Gasteiger partial charge < -0.3 is 9.47 Å². The third-order valence-electron chi connectivity index (χ3n) is 2.75. The second-order valence-electron chi connectivity index (χ2n) is 5.26. The van der Waals surface area contributed by atoms with Crippen LogP contribution in [0.3, 0.4) is 0 Å². The van der Waals surface area contributed by atoms with Crippen molar-refractivity contribution in [3.05, 3.63) is 34.9 Å². The summed E-state index contributed by atoms with van der Waals surface area (Å²) in [6, 6.07) is 5.89. The van der Waals surface area contributed by atoms with Crippen molar-refractivity contribution in [1.82, 2.24) is 0 Å². The molecule has 0 saturated heterocycles. The molecule has 0 aromatic heterocycles. The van der Waals surface area contributed by atoms with Crippen LogP contribution < -0.4 is 0 Å². The molecule has 0 saturated carbocycles. The number of benzene rings is 1. The van der Waals surface area contributed by atoms with Crippen molar-refractivity contribution in [2.24, 2.45) is 5.92 Å². The summed E-state index contributed by atoms with van der Waals surface area (Å²) in [7, 11) is 0. The van der Waals surface area contributed by atoms with Gasteiger partial charge in [0.1, 0.15) is 6.61 Å². The number of hydrogen-bond acceptors (Lipinski definition) is 3. The van der Waals surface area contributed by atoms with Gasteiger partial charge in [-0.15, -0.1) is 0 Å². The quantitative estimate of drug-likeness (QED) is 0.534. The number of aryl methyl sites for hydroxylation is 2. The summed E-state index contributed by atoms with van der Waals surface area (Å²) in [6.07, 6.45) is 0. The van der Waals surface area contributed by atoms with Crippen LogP contribution in [0.5, 0.6) is 0 Å². The van der Waals surface area contributed by atoms with E-state index in [1.165, 1.54) is 0 Å². The van der Waals surface area contributed by atoms with E-state index in [0.717, 1.165) is 23.3 Å². The van der Waals surface area contributed by atoms with Gasteiger partial charge in [0, 0.05) is 12.2 Å². The fraction of sp³-hybridized carbons (Fsp3) is 0.562. The molecule has 0 spiro atoms. The van der Waals surface area contributed by atoms with Gasteiger partial charge in [-0.2, -0.15) is 0 Å². The average molecular weight is 264 g/mol. The van der Waals surface area contributed by atoms with Crippen molar-refractivity contribution >= 4 is 5.78 Å². The molecule has 0 fully saturated rings. The zero-order valence-corrected chi connectivity index (χ0v) is 12.4. The number of carbonyl (C=O) groups is 1. The van der Waals surface area contributed by atoms with Crippen molar-refractivity contribution < 1.29 is 14.3 Å². The van der Waals surface area contributed by atoms with Gasteiger partial charge in [-0.1, -0.05) is 31.5 Å². The van der Waals surface area contributed by atoms with Crippen molar-refractivity contribution in [1.29, 1.82) is 0 Å². The topological polar surface area (TPSA) is 35.5 Å². The molecule has 0 aliphatic heterocycles. The lowest BCUT2D eigenvalue weighted by molar-refractivity contribution is 0.0363. The summed E-state index contributed by atoms with van der Waals surface area (Å²) in [5.41, 5.74) is 2.84. The summed E-state index contributed by atoms with van der Waals surface area (Å²) in [5.74, 6) is 0.557. The number of rotatable bonds is 8. The van der Waals surface area contributed by atoms with E-state index in [-0.39, 0.29) is 12.4 Å². The number of Topliss-reactive ketones (excluding diaryl/α,β-unsaturated/α-hetero) is 1. The molecule has 1 aromatic rings. The van der Waals surface area contributed by atoms with Crippen LogP contribution in [0.15, 0.2) is 18.2 Å². The molecule has 0 amide bonds. The zero-order chi connectivity index (χ0) is 14.3. The third-order valence-corrected chi connectivity index (χ3v) is 2.75. The first-order valence-electron chi connectivity index (χ1n) is 6.76. The molecule has 3 heteroatoms. The highest BCUT2D eigenvalue weighted by molar-refractivity contribution is 5.98. The van der Waals surface area contributed by atoms with Crippen LogP contribution in [0, 0.1) is 19.8 Å². The molecule has 0 aliphatic carbocycles. The predicted octanol–water partition coefficient (Wildman–Crippen LogP) is 3.18. The highest BCUT2D eigenvalue weighted by Crippen LogP contribution is 2.11. The normalized spacial score (nSPS) is 11.0. The Labute approximate surface area is 115 Å². The molecule has 3 nitrogen and oxygen atoms in total. The highest BCUT2D eigenvalue weighted by atomic mass is 16.5. The van der Waals surface area contributed by atoms with E-state index in [4.69, 9.17) is 9.47 Å². The Morgan fingerprint density at radius 2 is 1.84 bits per heavy atom. The van der Waals surface area contributed by atoms with Gasteiger partial charge in [-0.3, -0.25) is 4.79 Å². The van der Waals surface area contributed by atoms with E-state index >= 15 is 0 Å². The van der Waals surface area contributed by atoms with E-state index in [0.29, 0.717) is 19.1 Å². The fourth-order valence-electron chi connectivity index (χ4n) is 1.72. The van der Waals surface area contributed by atoms with Crippen LogP contribution in [-0.2, 0) is 9.47 Å². The Morgan fingerprint density at radius 1 is 1.16 bits per heavy atom. The smallest absolute Gasteiger partial charge is 0.188 e. The molecule has 19 heavy (non-hydrogen) atoms. The first-order chi connectivity index (χ1) is 9.00. The minimum absolute atomic E-state index is 0.0325. The average Bonchev–Trinajstić information content (AvgIpc) is 2.36. The summed E-state index contributed by atoms with van der Waals surface area (Å²) >= 11 is 0. The van der Waals surface area contributed by atoms with E-state index in [2.05, 4.69) is 13.8 Å². The maximum atomic E-state index is 12.0. The summed E-state index contributed by atoms with van der Waals surface area (Å²) in [6.45, 7) is 9.98. The van der Waals surface area contributed by atoms with Crippen molar-refractivity contribution in [2.45, 2.75) is 27.7 Å². The summed E-state index contributed by atoms with van der Waals surface area (Å²) in [5, 5.41) is 0. The maximum Gasteiger partial charge on any atom is 0.188 e. The lowest BCUT2D eigenvalue weighted by Crippen LogP contribution is -2.14. The molecular weight excluding hydrogens is 240 g/mol. The van der Waals surface area contributed by atoms with Gasteiger partial charge in [0.2, 0.25) is 0 Å². The minimum Gasteiger partial charge on any atom is -0.379 e. The van der Waals surface area contributed by atoms with Gasteiger partial charge in [0.25, 0.3) is 0 Å². The molecule has 0 atom stereocenters. The van der Waals surface area contributed by atoms with Crippen LogP contribution in [0.4, 0.5) is 0 Å². The number of ether oxygens (including phenoxy) is 2. The first kappa shape index (κ1) is 15.9. The van der Waals surface area contributed by atoms with Crippen LogP contribution in [-0.4, -0.2) is 32.2 Å². The van der Waals surface area contributed by atoms with Gasteiger partial charge >= 0.3 is 0 Å². The molecule has 0 unspecified atom stereocenters. The van der Waals surface area contributed by atoms with Gasteiger partial charge in [-0.25, -0.2) is 0 Å². The molecule has 0 radical (unpaired) electrons. The number of ketones is 1. The second-order valence-corrected chi connectivity index (χ2v) is 5.26. The third kappa shape index (κ3) is 5.99. The lowest BCUT2D eigenvalue weighted by Gasteiger charge is -2.08. The van der Waals surface area contributed by atoms with Gasteiger partial charge in [0.05, 0.1) is 13.2 Å². The predicted molar refractivity (Wildman–Crippen MR) is 76.7 cm³/mol. The Bertz CT molecular complexity index is 410. The Balaban J connectivity index is 2.29. The van der Waals surface area contributed by atoms with Crippen molar-refractivity contribution in [2.75, 3.05) is 26.4 Å². The second kappa shape index (κ2) is 8.08. The first-order valence-corrected chi connectivity index (χ1v) is 6.76. The molecule has 0 heterocycles. The Morgan fingerprint density at radius 3 is 2.53 bits per heavy atom. The van der Waals surface area contributed by atoms with Crippen molar-refractivity contribution in [3.63, 3.8) is 0 Å². The Kier molecular flexibility index (Phi) is 6.74. The highest BCUT2D eigenvalue weighted by Gasteiger charge is 2.09. The van der Waals surface area contributed by atoms with E-state index < -0.39 is 0 Å². The van der Waals surface area contributed by atoms with E-state index in [9.17, 15) is 4.79 Å². The zero-order valence-electron chi connectivity index (χ0n) is 12.4. The monoisotopic (exact) mass is 264 g/mol. The molecular formula is C16H24O3. The summed E-state index contributed by atoms with van der Waals surface area (Å²) in [4.78, 5) is 12.0. The van der Waals surface area contributed by atoms with Gasteiger partial charge in [-0.05, 0) is 31.4 Å². The minimum atomic E-state index is 0.0325. The molecule has 106 valence electrons.